The largest absolute Gasteiger partial charge is 1.00 e. The van der Waals surface area contributed by atoms with Crippen LogP contribution in [-0.4, -0.2) is 36.4 Å². The monoisotopic (exact) mass is 335 g/mol. The van der Waals surface area contributed by atoms with Gasteiger partial charge < -0.3 is 15.6 Å². The van der Waals surface area contributed by atoms with Crippen LogP contribution >= 0.6 is 0 Å². The van der Waals surface area contributed by atoms with Gasteiger partial charge in [-0.1, -0.05) is 11.2 Å². The molecule has 2 aromatic rings. The van der Waals surface area contributed by atoms with Crippen LogP contribution in [0.4, 0.5) is 17.3 Å². The summed E-state index contributed by atoms with van der Waals surface area (Å²) in [7, 11) is 0. The molecular formula is C8H6KN7O6. The summed E-state index contributed by atoms with van der Waals surface area (Å²) >= 11 is 0. The minimum atomic E-state index is -1.83. The maximum Gasteiger partial charge on any atom is 1.00 e. The number of hydrogen-bond acceptors (Lipinski definition) is 10. The van der Waals surface area contributed by atoms with E-state index in [-0.39, 0.29) is 57.3 Å². The molecule has 3 N–H and O–H groups in total. The van der Waals surface area contributed by atoms with Crippen LogP contribution in [0, 0.1) is 20.2 Å². The van der Waals surface area contributed by atoms with Crippen molar-refractivity contribution >= 4 is 23.3 Å². The van der Waals surface area contributed by atoms with E-state index < -0.39 is 32.8 Å². The maximum atomic E-state index is 10.5. The quantitative estimate of drug-likeness (QED) is 0.313. The van der Waals surface area contributed by atoms with Crippen LogP contribution in [0.5, 0.6) is 0 Å². The van der Waals surface area contributed by atoms with Crippen LogP contribution in [-0.2, 0) is 0 Å². The molecule has 1 aromatic carbocycles. The summed E-state index contributed by atoms with van der Waals surface area (Å²) in [5, 5.41) is 43.3. The number of hydrogen-bond donors (Lipinski definition) is 2. The van der Waals surface area contributed by atoms with E-state index in [1.54, 1.807) is 0 Å². The average molecular weight is 335 g/mol. The van der Waals surface area contributed by atoms with Crippen molar-refractivity contribution in [3.05, 3.63) is 44.0 Å². The molecule has 0 aliphatic heterocycles. The van der Waals surface area contributed by atoms with Gasteiger partial charge in [-0.3, -0.25) is 20.2 Å². The Labute approximate surface area is 163 Å². The molecule has 0 spiro atoms. The van der Waals surface area contributed by atoms with E-state index in [0.29, 0.717) is 0 Å². The van der Waals surface area contributed by atoms with Gasteiger partial charge in [0.2, 0.25) is 0 Å². The smallest absolute Gasteiger partial charge is 0.545 e. The van der Waals surface area contributed by atoms with E-state index in [9.17, 15) is 30.1 Å². The van der Waals surface area contributed by atoms with Gasteiger partial charge in [0.1, 0.15) is 0 Å². The summed E-state index contributed by atoms with van der Waals surface area (Å²) < 4.78 is 0. The molecule has 110 valence electrons. The first-order valence-corrected chi connectivity index (χ1v) is 4.96. The van der Waals surface area contributed by atoms with Crippen molar-refractivity contribution in [2.75, 3.05) is 5.73 Å². The van der Waals surface area contributed by atoms with Gasteiger partial charge >= 0.3 is 62.8 Å². The molecular weight excluding hydrogens is 329 g/mol. The molecule has 0 amide bonds. The van der Waals surface area contributed by atoms with Crippen LogP contribution < -0.4 is 62.2 Å². The number of carboxylic acid groups (broad SMARTS) is 1. The number of aromatic amines is 1. The van der Waals surface area contributed by atoms with Gasteiger partial charge in [0, 0.05) is 6.07 Å². The number of nitro groups is 2. The zero-order valence-corrected chi connectivity index (χ0v) is 14.1. The summed E-state index contributed by atoms with van der Waals surface area (Å²) in [5.41, 5.74) is 2.21. The van der Waals surface area contributed by atoms with Gasteiger partial charge in [0.15, 0.2) is 0 Å². The second-order valence-corrected chi connectivity index (χ2v) is 3.24. The van der Waals surface area contributed by atoms with Crippen LogP contribution in [0.2, 0.25) is 0 Å². The SMILES string of the molecule is Nc1nn[nH]n1.O=C([O-])c1cccc([N+](=O)[O-])c1[N+](=O)[O-].[K+]. The Morgan fingerprint density at radius 3 is 2.18 bits per heavy atom. The van der Waals surface area contributed by atoms with Crippen molar-refractivity contribution in [1.29, 1.82) is 0 Å². The van der Waals surface area contributed by atoms with Crippen molar-refractivity contribution in [3.63, 3.8) is 0 Å². The second kappa shape index (κ2) is 9.10. The number of carbonyl (C=O) groups is 1. The van der Waals surface area contributed by atoms with E-state index in [1.165, 1.54) is 0 Å². The van der Waals surface area contributed by atoms with E-state index in [0.717, 1.165) is 18.2 Å². The Kier molecular flexibility index (Phi) is 8.27. The second-order valence-electron chi connectivity index (χ2n) is 3.24. The molecule has 1 heterocycles. The van der Waals surface area contributed by atoms with E-state index in [2.05, 4.69) is 20.6 Å². The number of nitrogens with zero attached hydrogens (tertiary/aromatic N) is 5. The molecule has 0 aliphatic rings. The standard InChI is InChI=1S/C7H4N2O6.CH3N5.K/c10-7(11)4-2-1-3-5(8(12)13)6(4)9(14)15;2-1-3-5-6-4-1;/h1-3H,(H,10,11);(H3,2,3,4,5,6);/q;;+1/p-1. The normalized spacial score (nSPS) is 8.91. The van der Waals surface area contributed by atoms with Gasteiger partial charge in [0.25, 0.3) is 5.95 Å². The van der Waals surface area contributed by atoms with Gasteiger partial charge in [-0.25, -0.2) is 0 Å². The van der Waals surface area contributed by atoms with Gasteiger partial charge in [-0.15, -0.1) is 5.10 Å². The number of para-hydroxylation sites is 1. The van der Waals surface area contributed by atoms with Crippen LogP contribution in [0.15, 0.2) is 18.2 Å². The molecule has 0 saturated heterocycles. The number of aromatic carboxylic acids is 1. The predicted octanol–water partition coefficient (Wildman–Crippen LogP) is -4.35. The van der Waals surface area contributed by atoms with Crippen molar-refractivity contribution in [2.24, 2.45) is 0 Å². The molecule has 13 nitrogen and oxygen atoms in total. The molecule has 0 saturated carbocycles. The number of nitro benzene ring substituents is 2. The van der Waals surface area contributed by atoms with Crippen molar-refractivity contribution in [2.45, 2.75) is 0 Å². The molecule has 1 aromatic heterocycles. The van der Waals surface area contributed by atoms with Gasteiger partial charge in [-0.05, 0) is 11.3 Å². The van der Waals surface area contributed by atoms with E-state index in [4.69, 9.17) is 5.73 Å². The van der Waals surface area contributed by atoms with Crippen LogP contribution in [0.1, 0.15) is 10.4 Å². The van der Waals surface area contributed by atoms with Gasteiger partial charge in [0.05, 0.1) is 21.4 Å². The van der Waals surface area contributed by atoms with Gasteiger partial charge in [-0.2, -0.15) is 5.21 Å². The fraction of sp³-hybridized carbons (Fsp3) is 0. The number of H-pyrrole nitrogens is 1. The summed E-state index contributed by atoms with van der Waals surface area (Å²) in [6.45, 7) is 0. The average Bonchev–Trinajstić information content (AvgIpc) is 2.89. The summed E-state index contributed by atoms with van der Waals surface area (Å²) in [6, 6.07) is 2.77. The minimum absolute atomic E-state index is 0. The number of nitrogens with one attached hydrogen (secondary N) is 1. The third-order valence-corrected chi connectivity index (χ3v) is 1.98. The van der Waals surface area contributed by atoms with E-state index in [1.807, 2.05) is 0 Å². The molecule has 0 aliphatic carbocycles. The number of carboxylic acids is 1. The zero-order valence-electron chi connectivity index (χ0n) is 11.0. The van der Waals surface area contributed by atoms with Crippen molar-refractivity contribution < 1.29 is 71.1 Å². The van der Waals surface area contributed by atoms with E-state index >= 15 is 0 Å². The van der Waals surface area contributed by atoms with Crippen molar-refractivity contribution in [1.82, 2.24) is 20.6 Å². The molecule has 2 rings (SSSR count). The topological polar surface area (TPSA) is 207 Å². The third-order valence-electron chi connectivity index (χ3n) is 1.98. The van der Waals surface area contributed by atoms with Crippen LogP contribution in [0.3, 0.4) is 0 Å². The number of anilines is 1. The fourth-order valence-electron chi connectivity index (χ4n) is 1.20. The third kappa shape index (κ3) is 5.41. The molecule has 0 unspecified atom stereocenters. The fourth-order valence-corrected chi connectivity index (χ4v) is 1.20. The Balaban J connectivity index is 0.000000529. The molecule has 22 heavy (non-hydrogen) atoms. The number of nitrogen functional groups attached to an aromatic ring is 1. The first kappa shape index (κ1) is 20.0. The number of tetrazole rings is 1. The molecule has 0 atom stereocenters. The number of aromatic nitrogens is 4. The molecule has 0 bridgehead atoms. The first-order valence-electron chi connectivity index (χ1n) is 4.96. The summed E-state index contributed by atoms with van der Waals surface area (Å²) in [5.74, 6) is -1.65. The first-order chi connectivity index (χ1) is 9.84. The molecule has 0 radical (unpaired) electrons. The maximum absolute atomic E-state index is 10.5. The Morgan fingerprint density at radius 1 is 1.23 bits per heavy atom. The number of benzene rings is 1. The van der Waals surface area contributed by atoms with Crippen molar-refractivity contribution in [3.8, 4) is 0 Å². The molecule has 0 fully saturated rings. The molecule has 14 heteroatoms. The number of nitrogens with two attached hydrogens (primary N) is 1. The Bertz CT molecular complexity index is 643. The van der Waals surface area contributed by atoms with Crippen LogP contribution in [0.25, 0.3) is 0 Å². The Morgan fingerprint density at radius 2 is 1.86 bits per heavy atom. The zero-order chi connectivity index (χ0) is 16.0. The number of carbonyl (C=O) groups excluding carboxylic acids is 1. The summed E-state index contributed by atoms with van der Waals surface area (Å²) in [6.07, 6.45) is 0. The minimum Gasteiger partial charge on any atom is -0.545 e. The number of rotatable bonds is 3. The summed E-state index contributed by atoms with van der Waals surface area (Å²) in [4.78, 5) is 29.2. The Hall–Kier alpha value is -2.00. The predicted molar refractivity (Wildman–Crippen MR) is 62.7 cm³/mol.